The number of carboxylic acids is 1. The van der Waals surface area contributed by atoms with E-state index in [2.05, 4.69) is 27.5 Å². The Labute approximate surface area is 337 Å². The first-order valence-electron chi connectivity index (χ1n) is 16.2. The molecule has 2 aromatic heterocycles. The van der Waals surface area contributed by atoms with E-state index < -0.39 is 54.6 Å². The van der Waals surface area contributed by atoms with E-state index in [4.69, 9.17) is 60.2 Å². The number of anilines is 1. The molecule has 0 saturated carbocycles. The van der Waals surface area contributed by atoms with Crippen LogP contribution >= 0.6 is 54.2 Å². The van der Waals surface area contributed by atoms with Crippen LogP contribution in [-0.2, 0) is 15.5 Å². The minimum absolute atomic E-state index is 0.170. The van der Waals surface area contributed by atoms with Crippen LogP contribution in [0, 0.1) is 10.1 Å². The van der Waals surface area contributed by atoms with Crippen molar-refractivity contribution in [2.75, 3.05) is 24.3 Å². The van der Waals surface area contributed by atoms with Crippen LogP contribution in [0.1, 0.15) is 51.0 Å². The van der Waals surface area contributed by atoms with Crippen LogP contribution in [0.3, 0.4) is 0 Å². The number of carboxylic acid groups (broad SMARTS) is 1. The van der Waals surface area contributed by atoms with Crippen molar-refractivity contribution in [2.45, 2.75) is 51.6 Å². The number of carbonyl (C=O) groups is 2. The molecule has 306 valence electrons. The largest absolute Gasteiger partial charge is 0.480 e. The van der Waals surface area contributed by atoms with Crippen molar-refractivity contribution in [3.05, 3.63) is 85.6 Å². The average molecular weight is 889 g/mol. The number of rotatable bonds is 15. The van der Waals surface area contributed by atoms with Gasteiger partial charge in [0, 0.05) is 17.4 Å². The highest BCUT2D eigenvalue weighted by molar-refractivity contribution is 8.13. The maximum Gasteiger partial charge on any atom is 0.416 e. The molecule has 16 nitrogen and oxygen atoms in total. The molecular formula is C32H36Cl3F3N7O9PS. The van der Waals surface area contributed by atoms with E-state index in [9.17, 15) is 37.4 Å². The molecule has 0 fully saturated rings. The predicted molar refractivity (Wildman–Crippen MR) is 207 cm³/mol. The van der Waals surface area contributed by atoms with Gasteiger partial charge in [-0.2, -0.15) is 18.3 Å². The van der Waals surface area contributed by atoms with E-state index in [1.807, 2.05) is 30.3 Å². The summed E-state index contributed by atoms with van der Waals surface area (Å²) < 4.78 is 54.2. The number of ether oxygens (including phenoxy) is 1. The maximum absolute atomic E-state index is 12.6. The number of aliphatic carboxylic acids is 1. The third-order valence-electron chi connectivity index (χ3n) is 6.82. The summed E-state index contributed by atoms with van der Waals surface area (Å²) in [6.07, 6.45) is 2.81. The van der Waals surface area contributed by atoms with Crippen molar-refractivity contribution in [3.8, 4) is 22.7 Å². The van der Waals surface area contributed by atoms with E-state index in [0.29, 0.717) is 23.6 Å². The zero-order valence-electron chi connectivity index (χ0n) is 29.3. The summed E-state index contributed by atoms with van der Waals surface area (Å²) in [5, 5.41) is 31.4. The fourth-order valence-electron chi connectivity index (χ4n) is 4.29. The fraction of sp³-hybridized carbons (Fsp3) is 0.344. The van der Waals surface area contributed by atoms with Gasteiger partial charge in [-0.3, -0.25) is 24.8 Å². The molecule has 2 aromatic carbocycles. The minimum Gasteiger partial charge on any atom is -0.480 e. The minimum atomic E-state index is -4.63. The van der Waals surface area contributed by atoms with Gasteiger partial charge in [-0.05, 0) is 30.3 Å². The second-order valence-electron chi connectivity index (χ2n) is 11.2. The number of carbonyl (C=O) groups excluding carboxylic acids is 1. The van der Waals surface area contributed by atoms with E-state index in [0.717, 1.165) is 35.0 Å². The highest BCUT2D eigenvalue weighted by Gasteiger charge is 2.33. The van der Waals surface area contributed by atoms with Gasteiger partial charge in [-0.25, -0.2) is 9.48 Å². The van der Waals surface area contributed by atoms with Gasteiger partial charge in [-0.1, -0.05) is 104 Å². The van der Waals surface area contributed by atoms with E-state index in [1.165, 1.54) is 43.5 Å². The number of thioether (sulfide) groups is 1. The summed E-state index contributed by atoms with van der Waals surface area (Å²) in [7, 11) is -4.10. The average Bonchev–Trinajstić information content (AvgIpc) is 3.48. The summed E-state index contributed by atoms with van der Waals surface area (Å²) in [5.74, 6) is -0.443. The smallest absolute Gasteiger partial charge is 0.416 e. The van der Waals surface area contributed by atoms with Gasteiger partial charge in [0.05, 0.1) is 33.4 Å². The Morgan fingerprint density at radius 1 is 1.04 bits per heavy atom. The Kier molecular flexibility index (Phi) is 20.0. The number of nitrogens with one attached hydrogen (secondary N) is 1. The molecule has 0 bridgehead atoms. The SMILES string of the molecule is CCCCCCCCSC(=O)Oc1cc(Cl)nnc1-c1ccccc1.Nc1c([N+](=O)[O-])cnn1-c1c(Cl)cc(C(F)(F)F)cc1Cl.O=C(O)CNCP(=O)(O)O. The van der Waals surface area contributed by atoms with Crippen LogP contribution < -0.4 is 15.8 Å². The normalized spacial score (nSPS) is 11.2. The van der Waals surface area contributed by atoms with Gasteiger partial charge < -0.3 is 25.4 Å². The van der Waals surface area contributed by atoms with Crippen molar-refractivity contribution in [1.29, 1.82) is 0 Å². The number of alkyl halides is 3. The maximum atomic E-state index is 12.6. The first-order valence-corrected chi connectivity index (χ1v) is 20.1. The Hall–Kier alpha value is -4.01. The van der Waals surface area contributed by atoms with E-state index in [1.54, 1.807) is 0 Å². The summed E-state index contributed by atoms with van der Waals surface area (Å²) in [6, 6.07) is 12.3. The van der Waals surface area contributed by atoms with Crippen molar-refractivity contribution < 1.29 is 51.9 Å². The van der Waals surface area contributed by atoms with Crippen LogP contribution in [0.25, 0.3) is 16.9 Å². The Bertz CT molecular complexity index is 1950. The number of hydrogen-bond donors (Lipinski definition) is 5. The van der Waals surface area contributed by atoms with Gasteiger partial charge in [0.1, 0.15) is 17.6 Å². The quantitative estimate of drug-likeness (QED) is 0.0246. The lowest BCUT2D eigenvalue weighted by Gasteiger charge is -2.12. The van der Waals surface area contributed by atoms with Crippen molar-refractivity contribution in [3.63, 3.8) is 0 Å². The number of nitro groups is 1. The van der Waals surface area contributed by atoms with Gasteiger partial charge in [0.15, 0.2) is 10.9 Å². The number of benzene rings is 2. The molecule has 2 heterocycles. The number of halogens is 6. The molecule has 6 N–H and O–H groups in total. The van der Waals surface area contributed by atoms with Crippen molar-refractivity contribution >= 4 is 76.9 Å². The molecular weight excluding hydrogens is 853 g/mol. The summed E-state index contributed by atoms with van der Waals surface area (Å²) in [5.41, 5.74) is 5.12. The molecule has 0 aliphatic rings. The van der Waals surface area contributed by atoms with Gasteiger partial charge in [0.25, 0.3) is 0 Å². The van der Waals surface area contributed by atoms with Gasteiger partial charge in [0.2, 0.25) is 5.82 Å². The standard InChI is InChI=1S/C19H23ClN2O2S.C10H5Cl2F3N4O2.C3H8NO5P/c1-2-3-4-5-6-10-13-25-19(23)24-16-14-17(20)21-22-18(16)15-11-8-7-9-12-15;11-5-1-4(10(13,14)15)2-6(12)8(5)18-9(16)7(3-17-18)19(20)21;5-3(6)1-4-2-10(7,8)9/h7-9,11-12,14H,2-6,10,13H2,1H3;1-3H,16H2;4H,1-2H2,(H,5,6)(H2,7,8,9). The molecule has 0 aliphatic heterocycles. The number of nitrogens with two attached hydrogens (primary N) is 1. The first-order chi connectivity index (χ1) is 26.2. The summed E-state index contributed by atoms with van der Waals surface area (Å²) >= 11 is 18.6. The third-order valence-corrected chi connectivity index (χ3v) is 9.03. The number of hydrogen-bond acceptors (Lipinski definition) is 12. The second-order valence-corrected chi connectivity index (χ2v) is 15.1. The Morgan fingerprint density at radius 3 is 2.18 bits per heavy atom. The monoisotopic (exact) mass is 887 g/mol. The summed E-state index contributed by atoms with van der Waals surface area (Å²) in [4.78, 5) is 48.1. The van der Waals surface area contributed by atoms with E-state index >= 15 is 0 Å². The van der Waals surface area contributed by atoms with Crippen LogP contribution in [0.5, 0.6) is 5.75 Å². The number of aromatic nitrogens is 4. The van der Waals surface area contributed by atoms with Gasteiger partial charge in [-0.15, -0.1) is 10.2 Å². The molecule has 0 aliphatic carbocycles. The topological polar surface area (TPSA) is 246 Å². The Balaban J connectivity index is 0.000000316. The number of nitrogen functional groups attached to an aromatic ring is 1. The highest BCUT2D eigenvalue weighted by Crippen LogP contribution is 2.39. The molecule has 0 atom stereocenters. The molecule has 0 saturated heterocycles. The lowest BCUT2D eigenvalue weighted by atomic mass is 10.1. The molecule has 0 spiro atoms. The third kappa shape index (κ3) is 17.0. The van der Waals surface area contributed by atoms with Crippen molar-refractivity contribution in [1.82, 2.24) is 25.3 Å². The highest BCUT2D eigenvalue weighted by atomic mass is 35.5. The molecule has 0 amide bonds. The number of nitrogens with zero attached hydrogens (tertiary/aromatic N) is 5. The van der Waals surface area contributed by atoms with E-state index in [-0.39, 0.29) is 26.2 Å². The lowest BCUT2D eigenvalue weighted by molar-refractivity contribution is -0.383. The molecule has 4 aromatic rings. The van der Waals surface area contributed by atoms with Crippen molar-refractivity contribution in [2.24, 2.45) is 0 Å². The molecule has 0 radical (unpaired) electrons. The lowest BCUT2D eigenvalue weighted by Crippen LogP contribution is -2.23. The summed E-state index contributed by atoms with van der Waals surface area (Å²) in [6.45, 7) is 1.76. The molecule has 56 heavy (non-hydrogen) atoms. The van der Waals surface area contributed by atoms with Crippen LogP contribution in [0.4, 0.5) is 29.5 Å². The fourth-order valence-corrected chi connectivity index (χ4v) is 6.14. The Morgan fingerprint density at radius 2 is 1.64 bits per heavy atom. The van der Waals surface area contributed by atoms with Crippen LogP contribution in [0.15, 0.2) is 54.7 Å². The zero-order valence-corrected chi connectivity index (χ0v) is 33.3. The van der Waals surface area contributed by atoms with Crippen LogP contribution in [-0.4, -0.2) is 69.6 Å². The van der Waals surface area contributed by atoms with Gasteiger partial charge >= 0.3 is 30.7 Å². The molecule has 24 heteroatoms. The predicted octanol–water partition coefficient (Wildman–Crippen LogP) is 8.87. The van der Waals surface area contributed by atoms with Crippen LogP contribution in [0.2, 0.25) is 15.2 Å². The molecule has 0 unspecified atom stereocenters. The number of unbranched alkanes of at least 4 members (excludes halogenated alkanes) is 5. The first kappa shape index (κ1) is 48.1. The second kappa shape index (κ2) is 23.3. The zero-order chi connectivity index (χ0) is 42.1. The molecule has 4 rings (SSSR count).